The summed E-state index contributed by atoms with van der Waals surface area (Å²) in [6, 6.07) is 6.14. The molecule has 0 bridgehead atoms. The normalized spacial score (nSPS) is 12.2. The molecule has 5 heteroatoms. The molecule has 1 heterocycles. The Balaban J connectivity index is 2.39. The summed E-state index contributed by atoms with van der Waals surface area (Å²) in [6.07, 6.45) is 1.93. The third kappa shape index (κ3) is 3.11. The molecule has 0 aliphatic carbocycles. The molecule has 1 N–H and O–H groups in total. The van der Waals surface area contributed by atoms with Crippen LogP contribution in [0.5, 0.6) is 11.5 Å². The van der Waals surface area contributed by atoms with Crippen molar-refractivity contribution in [1.82, 2.24) is 10.3 Å². The molecule has 0 aliphatic heterocycles. The molecule has 1 aromatic heterocycles. The predicted octanol–water partition coefficient (Wildman–Crippen LogP) is 3.17. The number of aryl methyl sites for hydroxylation is 1. The van der Waals surface area contributed by atoms with Crippen molar-refractivity contribution in [3.05, 3.63) is 39.8 Å². The van der Waals surface area contributed by atoms with Gasteiger partial charge in [0.25, 0.3) is 0 Å². The van der Waals surface area contributed by atoms with Crippen LogP contribution in [0.4, 0.5) is 0 Å². The van der Waals surface area contributed by atoms with E-state index in [0.717, 1.165) is 28.6 Å². The van der Waals surface area contributed by atoms with E-state index in [1.54, 1.807) is 25.6 Å². The van der Waals surface area contributed by atoms with Gasteiger partial charge in [-0.1, -0.05) is 13.0 Å². The number of nitrogens with zero attached hydrogens (tertiary/aromatic N) is 1. The summed E-state index contributed by atoms with van der Waals surface area (Å²) in [5.74, 6) is 1.49. The smallest absolute Gasteiger partial charge is 0.161 e. The van der Waals surface area contributed by atoms with Crippen LogP contribution in [-0.2, 0) is 0 Å². The summed E-state index contributed by atoms with van der Waals surface area (Å²) in [4.78, 5) is 5.55. The van der Waals surface area contributed by atoms with E-state index >= 15 is 0 Å². The van der Waals surface area contributed by atoms with Crippen LogP contribution in [0.25, 0.3) is 0 Å². The highest BCUT2D eigenvalue weighted by Gasteiger charge is 2.17. The molecule has 2 rings (SSSR count). The first-order valence-electron chi connectivity index (χ1n) is 6.57. The first-order chi connectivity index (χ1) is 9.69. The maximum absolute atomic E-state index is 5.38. The zero-order chi connectivity index (χ0) is 14.5. The topological polar surface area (TPSA) is 43.4 Å². The van der Waals surface area contributed by atoms with Gasteiger partial charge in [0.15, 0.2) is 11.5 Å². The molecule has 1 unspecified atom stereocenters. The van der Waals surface area contributed by atoms with E-state index in [9.17, 15) is 0 Å². The standard InChI is InChI=1S/C15H20N2O2S/c1-5-16-15(14-9-17-10(2)20-14)11-6-7-12(18-3)13(8-11)19-4/h6-9,15-16H,5H2,1-4H3. The van der Waals surface area contributed by atoms with Crippen LogP contribution in [0.15, 0.2) is 24.4 Å². The molecule has 0 saturated heterocycles. The van der Waals surface area contributed by atoms with Crippen molar-refractivity contribution in [2.24, 2.45) is 0 Å². The minimum Gasteiger partial charge on any atom is -0.493 e. The zero-order valence-corrected chi connectivity index (χ0v) is 13.1. The Morgan fingerprint density at radius 1 is 1.25 bits per heavy atom. The average molecular weight is 292 g/mol. The molecule has 0 amide bonds. The van der Waals surface area contributed by atoms with Crippen molar-refractivity contribution in [1.29, 1.82) is 0 Å². The van der Waals surface area contributed by atoms with Gasteiger partial charge in [-0.25, -0.2) is 4.98 Å². The summed E-state index contributed by atoms with van der Waals surface area (Å²) >= 11 is 1.71. The maximum atomic E-state index is 5.38. The maximum Gasteiger partial charge on any atom is 0.161 e. The Morgan fingerprint density at radius 2 is 2.00 bits per heavy atom. The van der Waals surface area contributed by atoms with E-state index in [1.807, 2.05) is 25.3 Å². The van der Waals surface area contributed by atoms with Crippen LogP contribution in [0.2, 0.25) is 0 Å². The predicted molar refractivity (Wildman–Crippen MR) is 81.9 cm³/mol. The third-order valence-corrected chi connectivity index (χ3v) is 4.05. The number of hydrogen-bond acceptors (Lipinski definition) is 5. The quantitative estimate of drug-likeness (QED) is 0.888. The first kappa shape index (κ1) is 14.8. The van der Waals surface area contributed by atoms with Crippen molar-refractivity contribution >= 4 is 11.3 Å². The average Bonchev–Trinajstić information content (AvgIpc) is 2.90. The lowest BCUT2D eigenvalue weighted by Gasteiger charge is -2.18. The Kier molecular flexibility index (Phi) is 4.98. The van der Waals surface area contributed by atoms with Crippen LogP contribution in [0.3, 0.4) is 0 Å². The molecule has 108 valence electrons. The zero-order valence-electron chi connectivity index (χ0n) is 12.3. The van der Waals surface area contributed by atoms with Crippen molar-refractivity contribution in [2.45, 2.75) is 19.9 Å². The third-order valence-electron chi connectivity index (χ3n) is 3.07. The number of ether oxygens (including phenoxy) is 2. The van der Waals surface area contributed by atoms with E-state index < -0.39 is 0 Å². The van der Waals surface area contributed by atoms with Crippen molar-refractivity contribution in [3.63, 3.8) is 0 Å². The van der Waals surface area contributed by atoms with Gasteiger partial charge in [0.05, 0.1) is 25.3 Å². The second kappa shape index (κ2) is 6.72. The number of methoxy groups -OCH3 is 2. The minimum absolute atomic E-state index is 0.131. The molecule has 0 radical (unpaired) electrons. The van der Waals surface area contributed by atoms with Crippen LogP contribution < -0.4 is 14.8 Å². The molecule has 0 fully saturated rings. The molecule has 20 heavy (non-hydrogen) atoms. The van der Waals surface area contributed by atoms with Crippen LogP contribution in [0.1, 0.15) is 28.4 Å². The van der Waals surface area contributed by atoms with Gasteiger partial charge in [-0.05, 0) is 31.2 Å². The second-order valence-electron chi connectivity index (χ2n) is 4.39. The van der Waals surface area contributed by atoms with E-state index in [0.29, 0.717) is 0 Å². The largest absolute Gasteiger partial charge is 0.493 e. The lowest BCUT2D eigenvalue weighted by Crippen LogP contribution is -2.21. The number of aromatic nitrogens is 1. The fourth-order valence-corrected chi connectivity index (χ4v) is 3.02. The SMILES string of the molecule is CCNC(c1ccc(OC)c(OC)c1)c1cnc(C)s1. The van der Waals surface area contributed by atoms with Crippen molar-refractivity contribution in [3.8, 4) is 11.5 Å². The second-order valence-corrected chi connectivity index (χ2v) is 5.65. The van der Waals surface area contributed by atoms with E-state index in [2.05, 4.69) is 23.3 Å². The summed E-state index contributed by atoms with van der Waals surface area (Å²) < 4.78 is 10.7. The van der Waals surface area contributed by atoms with Gasteiger partial charge in [0.1, 0.15) is 0 Å². The molecule has 2 aromatic rings. The van der Waals surface area contributed by atoms with E-state index in [4.69, 9.17) is 9.47 Å². The van der Waals surface area contributed by atoms with Crippen LogP contribution in [-0.4, -0.2) is 25.7 Å². The molecule has 0 spiro atoms. The minimum atomic E-state index is 0.131. The molecular weight excluding hydrogens is 272 g/mol. The highest BCUT2D eigenvalue weighted by atomic mass is 32.1. The Labute approximate surface area is 123 Å². The number of rotatable bonds is 6. The fraction of sp³-hybridized carbons (Fsp3) is 0.400. The van der Waals surface area contributed by atoms with E-state index in [1.165, 1.54) is 4.88 Å². The van der Waals surface area contributed by atoms with Gasteiger partial charge in [0, 0.05) is 11.1 Å². The molecule has 1 atom stereocenters. The van der Waals surface area contributed by atoms with E-state index in [-0.39, 0.29) is 6.04 Å². The molecular formula is C15H20N2O2S. The Bertz CT molecular complexity index is 569. The number of nitrogens with one attached hydrogen (secondary N) is 1. The molecule has 1 aromatic carbocycles. The van der Waals surface area contributed by atoms with Gasteiger partial charge in [0.2, 0.25) is 0 Å². The Morgan fingerprint density at radius 3 is 2.55 bits per heavy atom. The molecule has 0 aliphatic rings. The lowest BCUT2D eigenvalue weighted by molar-refractivity contribution is 0.354. The highest BCUT2D eigenvalue weighted by molar-refractivity contribution is 7.11. The van der Waals surface area contributed by atoms with Gasteiger partial charge in [-0.3, -0.25) is 0 Å². The van der Waals surface area contributed by atoms with Crippen LogP contribution >= 0.6 is 11.3 Å². The summed E-state index contributed by atoms with van der Waals surface area (Å²) in [6.45, 7) is 5.00. The van der Waals surface area contributed by atoms with Crippen LogP contribution in [0, 0.1) is 6.92 Å². The summed E-state index contributed by atoms with van der Waals surface area (Å²) in [7, 11) is 3.30. The monoisotopic (exact) mass is 292 g/mol. The van der Waals surface area contributed by atoms with Gasteiger partial charge in [-0.15, -0.1) is 11.3 Å². The molecule has 4 nitrogen and oxygen atoms in total. The fourth-order valence-electron chi connectivity index (χ4n) is 2.13. The number of hydrogen-bond donors (Lipinski definition) is 1. The van der Waals surface area contributed by atoms with Gasteiger partial charge in [-0.2, -0.15) is 0 Å². The van der Waals surface area contributed by atoms with Gasteiger partial charge >= 0.3 is 0 Å². The first-order valence-corrected chi connectivity index (χ1v) is 7.38. The number of benzene rings is 1. The van der Waals surface area contributed by atoms with Crippen molar-refractivity contribution < 1.29 is 9.47 Å². The molecule has 0 saturated carbocycles. The van der Waals surface area contributed by atoms with Crippen molar-refractivity contribution in [2.75, 3.05) is 20.8 Å². The Hall–Kier alpha value is -1.59. The highest BCUT2D eigenvalue weighted by Crippen LogP contribution is 2.33. The summed E-state index contributed by atoms with van der Waals surface area (Å²) in [5, 5.41) is 4.56. The lowest BCUT2D eigenvalue weighted by atomic mass is 10.0. The summed E-state index contributed by atoms with van der Waals surface area (Å²) in [5.41, 5.74) is 1.15. The van der Waals surface area contributed by atoms with Gasteiger partial charge < -0.3 is 14.8 Å². The number of thiazole rings is 1.